The highest BCUT2D eigenvalue weighted by Gasteiger charge is 2.30. The van der Waals surface area contributed by atoms with Gasteiger partial charge in [0.05, 0.1) is 17.8 Å². The summed E-state index contributed by atoms with van der Waals surface area (Å²) in [7, 11) is 1.78. The smallest absolute Gasteiger partial charge is 0.363 e. The van der Waals surface area contributed by atoms with E-state index in [2.05, 4.69) is 15.4 Å². The Morgan fingerprint density at radius 1 is 1.28 bits per heavy atom. The van der Waals surface area contributed by atoms with E-state index in [1.165, 1.54) is 6.07 Å². The lowest BCUT2D eigenvalue weighted by Gasteiger charge is -2.07. The second kappa shape index (κ2) is 4.67. The highest BCUT2D eigenvalue weighted by molar-refractivity contribution is 5.33. The van der Waals surface area contributed by atoms with Crippen molar-refractivity contribution in [2.75, 3.05) is 5.32 Å². The van der Waals surface area contributed by atoms with Crippen LogP contribution in [-0.2, 0) is 19.8 Å². The van der Waals surface area contributed by atoms with E-state index in [9.17, 15) is 13.2 Å². The van der Waals surface area contributed by atoms with Crippen LogP contribution in [0.3, 0.4) is 0 Å². The molecule has 0 bridgehead atoms. The maximum absolute atomic E-state index is 12.3. The van der Waals surface area contributed by atoms with Crippen LogP contribution in [0.25, 0.3) is 0 Å². The summed E-state index contributed by atoms with van der Waals surface area (Å²) >= 11 is 0. The standard InChI is InChI=1S/C11H11F3N4/c1-18-5-4-10(17-18)16-7-9-3-2-8(6-15-9)11(12,13)14/h2-6H,7H2,1H3,(H,16,17). The Bertz CT molecular complexity index is 516. The molecule has 0 saturated carbocycles. The first-order valence-corrected chi connectivity index (χ1v) is 5.21. The van der Waals surface area contributed by atoms with Crippen LogP contribution in [0.5, 0.6) is 0 Å². The van der Waals surface area contributed by atoms with Crippen LogP contribution in [0.4, 0.5) is 19.0 Å². The molecule has 96 valence electrons. The molecule has 18 heavy (non-hydrogen) atoms. The summed E-state index contributed by atoms with van der Waals surface area (Å²) in [4.78, 5) is 3.75. The lowest BCUT2D eigenvalue weighted by molar-refractivity contribution is -0.137. The maximum atomic E-state index is 12.3. The highest BCUT2D eigenvalue weighted by atomic mass is 19.4. The predicted octanol–water partition coefficient (Wildman–Crippen LogP) is 2.45. The molecule has 7 heteroatoms. The first-order valence-electron chi connectivity index (χ1n) is 5.21. The van der Waals surface area contributed by atoms with Gasteiger partial charge >= 0.3 is 6.18 Å². The molecule has 2 heterocycles. The number of halogens is 3. The highest BCUT2D eigenvalue weighted by Crippen LogP contribution is 2.28. The molecule has 0 aliphatic heterocycles. The zero-order valence-corrected chi connectivity index (χ0v) is 9.57. The number of hydrogen-bond donors (Lipinski definition) is 1. The molecule has 0 amide bonds. The molecule has 0 aliphatic rings. The quantitative estimate of drug-likeness (QED) is 0.917. The Morgan fingerprint density at radius 3 is 2.56 bits per heavy atom. The molecule has 0 fully saturated rings. The fourth-order valence-corrected chi connectivity index (χ4v) is 1.39. The van der Waals surface area contributed by atoms with Crippen molar-refractivity contribution in [3.05, 3.63) is 41.9 Å². The number of rotatable bonds is 3. The van der Waals surface area contributed by atoms with Gasteiger partial charge in [-0.1, -0.05) is 0 Å². The van der Waals surface area contributed by atoms with Crippen molar-refractivity contribution >= 4 is 5.82 Å². The van der Waals surface area contributed by atoms with Gasteiger partial charge in [-0.05, 0) is 12.1 Å². The Labute approximate surface area is 101 Å². The molecule has 4 nitrogen and oxygen atoms in total. The first kappa shape index (κ1) is 12.4. The summed E-state index contributed by atoms with van der Waals surface area (Å²) in [5, 5.41) is 7.04. The fraction of sp³-hybridized carbons (Fsp3) is 0.273. The first-order chi connectivity index (χ1) is 8.45. The van der Waals surface area contributed by atoms with Gasteiger partial charge in [0.1, 0.15) is 5.82 Å². The zero-order valence-electron chi connectivity index (χ0n) is 9.57. The van der Waals surface area contributed by atoms with Crippen LogP contribution in [0.2, 0.25) is 0 Å². The van der Waals surface area contributed by atoms with Crippen molar-refractivity contribution in [2.45, 2.75) is 12.7 Å². The second-order valence-electron chi connectivity index (χ2n) is 3.76. The van der Waals surface area contributed by atoms with Gasteiger partial charge < -0.3 is 5.32 Å². The minimum atomic E-state index is -4.35. The van der Waals surface area contributed by atoms with E-state index in [0.717, 1.165) is 12.3 Å². The molecule has 0 aliphatic carbocycles. The van der Waals surface area contributed by atoms with Crippen LogP contribution in [-0.4, -0.2) is 14.8 Å². The summed E-state index contributed by atoms with van der Waals surface area (Å²) < 4.78 is 38.5. The largest absolute Gasteiger partial charge is 0.417 e. The summed E-state index contributed by atoms with van der Waals surface area (Å²) in [6.07, 6.45) is -1.75. The van der Waals surface area contributed by atoms with Crippen LogP contribution in [0, 0.1) is 0 Å². The summed E-state index contributed by atoms with van der Waals surface area (Å²) in [5.41, 5.74) is -0.224. The fourth-order valence-electron chi connectivity index (χ4n) is 1.39. The molecular formula is C11H11F3N4. The average Bonchev–Trinajstić information content (AvgIpc) is 2.72. The lowest BCUT2D eigenvalue weighted by atomic mass is 10.2. The number of nitrogens with one attached hydrogen (secondary N) is 1. The number of aromatic nitrogens is 3. The number of aryl methyl sites for hydroxylation is 1. The van der Waals surface area contributed by atoms with Gasteiger partial charge in [0.15, 0.2) is 0 Å². The van der Waals surface area contributed by atoms with Gasteiger partial charge in [-0.25, -0.2) is 0 Å². The third-order valence-electron chi connectivity index (χ3n) is 2.32. The second-order valence-corrected chi connectivity index (χ2v) is 3.76. The monoisotopic (exact) mass is 256 g/mol. The summed E-state index contributed by atoms with van der Waals surface area (Å²) in [6, 6.07) is 4.13. The average molecular weight is 256 g/mol. The van der Waals surface area contributed by atoms with E-state index in [1.54, 1.807) is 24.0 Å². The van der Waals surface area contributed by atoms with Gasteiger partial charge in [-0.15, -0.1) is 0 Å². The van der Waals surface area contributed by atoms with Gasteiger partial charge in [-0.2, -0.15) is 18.3 Å². The Morgan fingerprint density at radius 2 is 2.06 bits per heavy atom. The summed E-state index contributed by atoms with van der Waals surface area (Å²) in [6.45, 7) is 0.329. The SMILES string of the molecule is Cn1ccc(NCc2ccc(C(F)(F)F)cn2)n1. The molecule has 0 aromatic carbocycles. The van der Waals surface area contributed by atoms with E-state index in [1.807, 2.05) is 0 Å². The topological polar surface area (TPSA) is 42.7 Å². The van der Waals surface area contributed by atoms with E-state index in [0.29, 0.717) is 18.1 Å². The molecule has 0 unspecified atom stereocenters. The van der Waals surface area contributed by atoms with E-state index >= 15 is 0 Å². The number of nitrogens with zero attached hydrogens (tertiary/aromatic N) is 3. The molecule has 2 aromatic rings. The van der Waals surface area contributed by atoms with Crippen molar-refractivity contribution in [3.8, 4) is 0 Å². The molecule has 1 N–H and O–H groups in total. The Kier molecular flexibility index (Phi) is 3.22. The zero-order chi connectivity index (χ0) is 13.2. The predicted molar refractivity (Wildman–Crippen MR) is 59.8 cm³/mol. The van der Waals surface area contributed by atoms with E-state index in [4.69, 9.17) is 0 Å². The molecule has 0 radical (unpaired) electrons. The van der Waals surface area contributed by atoms with E-state index < -0.39 is 11.7 Å². The van der Waals surface area contributed by atoms with Gasteiger partial charge in [0.2, 0.25) is 0 Å². The van der Waals surface area contributed by atoms with Crippen molar-refractivity contribution in [1.82, 2.24) is 14.8 Å². The Hall–Kier alpha value is -2.05. The minimum absolute atomic E-state index is 0.329. The van der Waals surface area contributed by atoms with Crippen molar-refractivity contribution in [2.24, 2.45) is 7.05 Å². The van der Waals surface area contributed by atoms with E-state index in [-0.39, 0.29) is 0 Å². The summed E-state index contributed by atoms with van der Waals surface area (Å²) in [5.74, 6) is 0.652. The maximum Gasteiger partial charge on any atom is 0.417 e. The number of alkyl halides is 3. The number of anilines is 1. The van der Waals surface area contributed by atoms with Gasteiger partial charge in [-0.3, -0.25) is 9.67 Å². The lowest BCUT2D eigenvalue weighted by Crippen LogP contribution is -2.07. The van der Waals surface area contributed by atoms with Crippen LogP contribution >= 0.6 is 0 Å². The number of hydrogen-bond acceptors (Lipinski definition) is 3. The minimum Gasteiger partial charge on any atom is -0.363 e. The molecule has 0 saturated heterocycles. The molecule has 2 rings (SSSR count). The molecule has 0 spiro atoms. The van der Waals surface area contributed by atoms with Gasteiger partial charge in [0.25, 0.3) is 0 Å². The normalized spacial score (nSPS) is 11.6. The van der Waals surface area contributed by atoms with Crippen LogP contribution in [0.15, 0.2) is 30.6 Å². The molecular weight excluding hydrogens is 245 g/mol. The molecule has 0 atom stereocenters. The van der Waals surface area contributed by atoms with Crippen LogP contribution < -0.4 is 5.32 Å². The van der Waals surface area contributed by atoms with Crippen LogP contribution in [0.1, 0.15) is 11.3 Å². The van der Waals surface area contributed by atoms with Crippen molar-refractivity contribution in [3.63, 3.8) is 0 Å². The third-order valence-corrected chi connectivity index (χ3v) is 2.32. The third kappa shape index (κ3) is 2.99. The van der Waals surface area contributed by atoms with Gasteiger partial charge in [0, 0.05) is 25.5 Å². The Balaban J connectivity index is 1.98. The van der Waals surface area contributed by atoms with Crippen molar-refractivity contribution < 1.29 is 13.2 Å². The number of pyridine rings is 1. The molecule has 2 aromatic heterocycles. The van der Waals surface area contributed by atoms with Crippen molar-refractivity contribution in [1.29, 1.82) is 0 Å².